The first-order chi connectivity index (χ1) is 10.9. The molecule has 4 rings (SSSR count). The standard InChI is InChI=1S/C14H11N7S/c1-3-15-4-2-9(1)11-7-22-12(20-11)6-16-13-10-5-19-21-14(10)18-8-17-13/h1-5,7-8H,6H2,(H2,16,17,18,19,21). The third-order valence-corrected chi connectivity index (χ3v) is 4.03. The Morgan fingerprint density at radius 1 is 1.18 bits per heavy atom. The van der Waals surface area contributed by atoms with E-state index < -0.39 is 0 Å². The normalized spacial score (nSPS) is 10.9. The van der Waals surface area contributed by atoms with Crippen molar-refractivity contribution >= 4 is 28.2 Å². The molecular weight excluding hydrogens is 298 g/mol. The Morgan fingerprint density at radius 2 is 2.09 bits per heavy atom. The van der Waals surface area contributed by atoms with Gasteiger partial charge in [-0.15, -0.1) is 11.3 Å². The van der Waals surface area contributed by atoms with Gasteiger partial charge in [0.05, 0.1) is 23.8 Å². The van der Waals surface area contributed by atoms with Crippen LogP contribution in [0.1, 0.15) is 5.01 Å². The molecule has 4 heterocycles. The van der Waals surface area contributed by atoms with Crippen molar-refractivity contribution in [3.63, 3.8) is 0 Å². The molecule has 0 amide bonds. The molecule has 0 radical (unpaired) electrons. The summed E-state index contributed by atoms with van der Waals surface area (Å²) < 4.78 is 0. The summed E-state index contributed by atoms with van der Waals surface area (Å²) in [4.78, 5) is 17.0. The van der Waals surface area contributed by atoms with Gasteiger partial charge < -0.3 is 5.32 Å². The summed E-state index contributed by atoms with van der Waals surface area (Å²) in [5.41, 5.74) is 2.74. The highest BCUT2D eigenvalue weighted by Crippen LogP contribution is 2.22. The monoisotopic (exact) mass is 309 g/mol. The van der Waals surface area contributed by atoms with Crippen molar-refractivity contribution in [2.24, 2.45) is 0 Å². The van der Waals surface area contributed by atoms with Crippen LogP contribution in [0.4, 0.5) is 5.82 Å². The lowest BCUT2D eigenvalue weighted by molar-refractivity contribution is 1.07. The fourth-order valence-electron chi connectivity index (χ4n) is 2.11. The lowest BCUT2D eigenvalue weighted by Gasteiger charge is -2.03. The van der Waals surface area contributed by atoms with E-state index in [1.807, 2.05) is 17.5 Å². The van der Waals surface area contributed by atoms with Gasteiger partial charge in [-0.25, -0.2) is 15.0 Å². The summed E-state index contributed by atoms with van der Waals surface area (Å²) in [6.45, 7) is 0.604. The number of nitrogens with zero attached hydrogens (tertiary/aromatic N) is 5. The van der Waals surface area contributed by atoms with Crippen molar-refractivity contribution in [2.75, 3.05) is 5.32 Å². The summed E-state index contributed by atoms with van der Waals surface area (Å²) in [7, 11) is 0. The van der Waals surface area contributed by atoms with Crippen LogP contribution in [0.15, 0.2) is 42.4 Å². The van der Waals surface area contributed by atoms with Gasteiger partial charge in [0.2, 0.25) is 0 Å². The van der Waals surface area contributed by atoms with Gasteiger partial charge in [-0.3, -0.25) is 10.1 Å². The fourth-order valence-corrected chi connectivity index (χ4v) is 2.86. The van der Waals surface area contributed by atoms with E-state index in [4.69, 9.17) is 0 Å². The van der Waals surface area contributed by atoms with E-state index in [-0.39, 0.29) is 0 Å². The van der Waals surface area contributed by atoms with Crippen LogP contribution < -0.4 is 5.32 Å². The number of anilines is 1. The van der Waals surface area contributed by atoms with Gasteiger partial charge in [0.1, 0.15) is 17.2 Å². The number of nitrogens with one attached hydrogen (secondary N) is 2. The third-order valence-electron chi connectivity index (χ3n) is 3.18. The molecule has 7 nitrogen and oxygen atoms in total. The Kier molecular flexibility index (Phi) is 3.20. The molecule has 108 valence electrons. The Bertz CT molecular complexity index is 900. The number of hydrogen-bond donors (Lipinski definition) is 2. The Morgan fingerprint density at radius 3 is 3.00 bits per heavy atom. The quantitative estimate of drug-likeness (QED) is 0.601. The average molecular weight is 309 g/mol. The number of fused-ring (bicyclic) bond motifs is 1. The number of thiazole rings is 1. The largest absolute Gasteiger partial charge is 0.363 e. The Balaban J connectivity index is 1.53. The number of aromatic amines is 1. The Hall–Kier alpha value is -2.87. The van der Waals surface area contributed by atoms with Crippen molar-refractivity contribution in [3.05, 3.63) is 47.4 Å². The zero-order valence-electron chi connectivity index (χ0n) is 11.4. The predicted octanol–water partition coefficient (Wildman–Crippen LogP) is 2.48. The second kappa shape index (κ2) is 5.49. The van der Waals surface area contributed by atoms with Gasteiger partial charge in [-0.1, -0.05) is 0 Å². The molecule has 0 spiro atoms. The van der Waals surface area contributed by atoms with E-state index in [0.717, 1.165) is 27.5 Å². The fraction of sp³-hybridized carbons (Fsp3) is 0.0714. The third kappa shape index (κ3) is 2.40. The number of hydrogen-bond acceptors (Lipinski definition) is 7. The number of rotatable bonds is 4. The molecule has 0 aliphatic rings. The van der Waals surface area contributed by atoms with E-state index in [1.54, 1.807) is 29.9 Å². The SMILES string of the molecule is c1cc(-c2csc(CNc3ncnc4[nH]ncc34)n2)ccn1. The molecule has 8 heteroatoms. The summed E-state index contributed by atoms with van der Waals surface area (Å²) >= 11 is 1.61. The van der Waals surface area contributed by atoms with Crippen LogP contribution in [-0.4, -0.2) is 30.1 Å². The minimum absolute atomic E-state index is 0.604. The van der Waals surface area contributed by atoms with Gasteiger partial charge in [0.15, 0.2) is 5.65 Å². The number of pyridine rings is 1. The number of H-pyrrole nitrogens is 1. The Labute approximate surface area is 129 Å². The van der Waals surface area contributed by atoms with E-state index in [0.29, 0.717) is 12.2 Å². The molecule has 22 heavy (non-hydrogen) atoms. The molecule has 0 saturated heterocycles. The highest BCUT2D eigenvalue weighted by molar-refractivity contribution is 7.09. The maximum absolute atomic E-state index is 4.62. The van der Waals surface area contributed by atoms with E-state index >= 15 is 0 Å². The zero-order chi connectivity index (χ0) is 14.8. The van der Waals surface area contributed by atoms with Crippen LogP contribution in [0, 0.1) is 0 Å². The minimum atomic E-state index is 0.604. The van der Waals surface area contributed by atoms with Crippen molar-refractivity contribution in [1.82, 2.24) is 30.1 Å². The molecule has 0 aliphatic carbocycles. The van der Waals surface area contributed by atoms with Gasteiger partial charge in [-0.05, 0) is 12.1 Å². The highest BCUT2D eigenvalue weighted by Gasteiger charge is 2.07. The lowest BCUT2D eigenvalue weighted by atomic mass is 10.2. The molecule has 0 bridgehead atoms. The average Bonchev–Trinajstić information content (AvgIpc) is 3.23. The second-order valence-electron chi connectivity index (χ2n) is 4.57. The molecule has 2 N–H and O–H groups in total. The summed E-state index contributed by atoms with van der Waals surface area (Å²) in [5, 5.41) is 14.0. The van der Waals surface area contributed by atoms with Crippen LogP contribution in [0.2, 0.25) is 0 Å². The van der Waals surface area contributed by atoms with Crippen molar-refractivity contribution in [1.29, 1.82) is 0 Å². The topological polar surface area (TPSA) is 92.3 Å². The van der Waals surface area contributed by atoms with Crippen LogP contribution in [0.3, 0.4) is 0 Å². The molecule has 0 unspecified atom stereocenters. The van der Waals surface area contributed by atoms with Crippen LogP contribution in [0.25, 0.3) is 22.3 Å². The van der Waals surface area contributed by atoms with Crippen molar-refractivity contribution in [3.8, 4) is 11.3 Å². The molecule has 4 aromatic rings. The van der Waals surface area contributed by atoms with Gasteiger partial charge in [-0.2, -0.15) is 5.10 Å². The molecule has 0 fully saturated rings. The van der Waals surface area contributed by atoms with E-state index in [9.17, 15) is 0 Å². The van der Waals surface area contributed by atoms with Gasteiger partial charge in [0, 0.05) is 23.3 Å². The smallest absolute Gasteiger partial charge is 0.160 e. The molecular formula is C14H11N7S. The van der Waals surface area contributed by atoms with E-state index in [1.165, 1.54) is 6.33 Å². The predicted molar refractivity (Wildman–Crippen MR) is 84.4 cm³/mol. The number of aromatic nitrogens is 6. The van der Waals surface area contributed by atoms with Crippen LogP contribution in [-0.2, 0) is 6.54 Å². The van der Waals surface area contributed by atoms with Crippen molar-refractivity contribution < 1.29 is 0 Å². The highest BCUT2D eigenvalue weighted by atomic mass is 32.1. The lowest BCUT2D eigenvalue weighted by Crippen LogP contribution is -2.01. The first-order valence-electron chi connectivity index (χ1n) is 6.63. The maximum atomic E-state index is 4.62. The molecule has 4 aromatic heterocycles. The van der Waals surface area contributed by atoms with Gasteiger partial charge in [0.25, 0.3) is 0 Å². The summed E-state index contributed by atoms with van der Waals surface area (Å²) in [6, 6.07) is 3.90. The van der Waals surface area contributed by atoms with Crippen LogP contribution in [0.5, 0.6) is 0 Å². The zero-order valence-corrected chi connectivity index (χ0v) is 12.2. The van der Waals surface area contributed by atoms with E-state index in [2.05, 4.69) is 35.5 Å². The summed E-state index contributed by atoms with van der Waals surface area (Å²) in [5.74, 6) is 0.749. The second-order valence-corrected chi connectivity index (χ2v) is 5.51. The minimum Gasteiger partial charge on any atom is -0.363 e. The molecule has 0 aliphatic heterocycles. The van der Waals surface area contributed by atoms with Crippen LogP contribution >= 0.6 is 11.3 Å². The summed E-state index contributed by atoms with van der Waals surface area (Å²) in [6.07, 6.45) is 6.75. The first-order valence-corrected chi connectivity index (χ1v) is 7.51. The maximum Gasteiger partial charge on any atom is 0.160 e. The van der Waals surface area contributed by atoms with Crippen molar-refractivity contribution in [2.45, 2.75) is 6.54 Å². The van der Waals surface area contributed by atoms with Gasteiger partial charge >= 0.3 is 0 Å². The molecule has 0 atom stereocenters. The molecule has 0 aromatic carbocycles. The molecule has 0 saturated carbocycles. The first kappa shape index (κ1) is 12.8.